The average Bonchev–Trinajstić information content (AvgIpc) is 3.53. The lowest BCUT2D eigenvalue weighted by Crippen LogP contribution is -2.15. The number of hydrogen-bond acceptors (Lipinski definition) is 8. The van der Waals surface area contributed by atoms with Crippen LogP contribution in [0.25, 0.3) is 16.9 Å². The summed E-state index contributed by atoms with van der Waals surface area (Å²) in [6.45, 7) is 0. The SMILES string of the molecule is COc1cc(-c2coc(C(=O)C(OC)c3ccc(-n4nccn4)cc3)n2)cc(OC)c1Br. The number of Topliss-reactive ketones (excluding diaryl/α,β-unsaturated/α-hetero) is 1. The number of aromatic nitrogens is 4. The highest BCUT2D eigenvalue weighted by Gasteiger charge is 2.27. The van der Waals surface area contributed by atoms with Gasteiger partial charge in [-0.05, 0) is 45.8 Å². The zero-order valence-electron chi connectivity index (χ0n) is 17.5. The van der Waals surface area contributed by atoms with Crippen molar-refractivity contribution in [2.24, 2.45) is 0 Å². The fourth-order valence-corrected chi connectivity index (χ4v) is 3.73. The van der Waals surface area contributed by atoms with Gasteiger partial charge in [0, 0.05) is 12.7 Å². The van der Waals surface area contributed by atoms with Gasteiger partial charge in [0.1, 0.15) is 27.9 Å². The first kappa shape index (κ1) is 21.7. The Balaban J connectivity index is 1.60. The van der Waals surface area contributed by atoms with Crippen LogP contribution in [0.5, 0.6) is 11.5 Å². The first-order chi connectivity index (χ1) is 15.5. The summed E-state index contributed by atoms with van der Waals surface area (Å²) >= 11 is 3.43. The van der Waals surface area contributed by atoms with Crippen molar-refractivity contribution in [3.63, 3.8) is 0 Å². The summed E-state index contributed by atoms with van der Waals surface area (Å²) < 4.78 is 22.4. The molecule has 4 rings (SSSR count). The third-order valence-corrected chi connectivity index (χ3v) is 5.56. The van der Waals surface area contributed by atoms with Crippen molar-refractivity contribution in [2.45, 2.75) is 6.10 Å². The molecule has 0 amide bonds. The van der Waals surface area contributed by atoms with Gasteiger partial charge >= 0.3 is 0 Å². The Hall–Kier alpha value is -3.50. The van der Waals surface area contributed by atoms with Crippen LogP contribution in [-0.2, 0) is 4.74 Å². The van der Waals surface area contributed by atoms with Crippen LogP contribution in [0.2, 0.25) is 0 Å². The molecular formula is C22H19BrN4O5. The maximum Gasteiger partial charge on any atom is 0.266 e. The van der Waals surface area contributed by atoms with Crippen LogP contribution in [0.4, 0.5) is 0 Å². The lowest BCUT2D eigenvalue weighted by atomic mass is 10.0. The number of ketones is 1. The van der Waals surface area contributed by atoms with Crippen molar-refractivity contribution in [3.8, 4) is 28.4 Å². The van der Waals surface area contributed by atoms with Gasteiger partial charge in [0.15, 0.2) is 6.10 Å². The molecule has 1 atom stereocenters. The minimum absolute atomic E-state index is 0.0643. The highest BCUT2D eigenvalue weighted by Crippen LogP contribution is 2.38. The summed E-state index contributed by atoms with van der Waals surface area (Å²) in [6, 6.07) is 10.7. The van der Waals surface area contributed by atoms with Gasteiger partial charge in [-0.15, -0.1) is 0 Å². The van der Waals surface area contributed by atoms with E-state index in [9.17, 15) is 4.79 Å². The maximum atomic E-state index is 13.1. The van der Waals surface area contributed by atoms with Gasteiger partial charge in [-0.1, -0.05) is 12.1 Å². The van der Waals surface area contributed by atoms with Crippen molar-refractivity contribution < 1.29 is 23.4 Å². The summed E-state index contributed by atoms with van der Waals surface area (Å²) in [5.74, 6) is 0.666. The lowest BCUT2D eigenvalue weighted by Gasteiger charge is -2.13. The van der Waals surface area contributed by atoms with E-state index in [1.165, 1.54) is 18.2 Å². The summed E-state index contributed by atoms with van der Waals surface area (Å²) in [6.07, 6.45) is 3.71. The fourth-order valence-electron chi connectivity index (χ4n) is 3.17. The van der Waals surface area contributed by atoms with E-state index in [0.717, 1.165) is 5.69 Å². The molecule has 1 unspecified atom stereocenters. The summed E-state index contributed by atoms with van der Waals surface area (Å²) in [5, 5.41) is 8.17. The molecule has 0 N–H and O–H groups in total. The van der Waals surface area contributed by atoms with E-state index in [2.05, 4.69) is 31.1 Å². The Kier molecular flexibility index (Phi) is 6.33. The second-order valence-corrected chi connectivity index (χ2v) is 7.42. The number of carbonyl (C=O) groups excluding carboxylic acids is 1. The minimum Gasteiger partial charge on any atom is -0.495 e. The van der Waals surface area contributed by atoms with E-state index < -0.39 is 11.9 Å². The highest BCUT2D eigenvalue weighted by atomic mass is 79.9. The fraction of sp³-hybridized carbons (Fsp3) is 0.182. The number of nitrogens with zero attached hydrogens (tertiary/aromatic N) is 4. The number of hydrogen-bond donors (Lipinski definition) is 0. The zero-order valence-corrected chi connectivity index (χ0v) is 19.1. The van der Waals surface area contributed by atoms with E-state index in [0.29, 0.717) is 32.8 Å². The van der Waals surface area contributed by atoms with E-state index in [-0.39, 0.29) is 5.89 Å². The molecule has 2 heterocycles. The van der Waals surface area contributed by atoms with Crippen LogP contribution in [0.15, 0.2) is 63.9 Å². The quantitative estimate of drug-likeness (QED) is 0.332. The standard InChI is InChI=1S/C22H19BrN4O5/c1-29-17-10-14(11-18(30-2)19(17)23)16-12-32-22(26-16)20(28)21(31-3)13-4-6-15(7-5-13)27-24-8-9-25-27/h4-12,21H,1-3H3. The molecule has 0 bridgehead atoms. The lowest BCUT2D eigenvalue weighted by molar-refractivity contribution is 0.0569. The second kappa shape index (κ2) is 9.33. The molecule has 0 fully saturated rings. The predicted molar refractivity (Wildman–Crippen MR) is 118 cm³/mol. The molecule has 0 aliphatic heterocycles. The maximum absolute atomic E-state index is 13.1. The molecule has 0 aliphatic rings. The van der Waals surface area contributed by atoms with Gasteiger partial charge in [-0.25, -0.2) is 4.98 Å². The first-order valence-electron chi connectivity index (χ1n) is 9.46. The van der Waals surface area contributed by atoms with E-state index >= 15 is 0 Å². The molecule has 32 heavy (non-hydrogen) atoms. The monoisotopic (exact) mass is 498 g/mol. The van der Waals surface area contributed by atoms with Crippen molar-refractivity contribution in [1.29, 1.82) is 0 Å². The number of carbonyl (C=O) groups is 1. The molecule has 0 aliphatic carbocycles. The van der Waals surface area contributed by atoms with Gasteiger partial charge in [-0.2, -0.15) is 15.0 Å². The number of benzene rings is 2. The van der Waals surface area contributed by atoms with E-state index in [4.69, 9.17) is 18.6 Å². The molecular weight excluding hydrogens is 480 g/mol. The van der Waals surface area contributed by atoms with Crippen LogP contribution in [0, 0.1) is 0 Å². The number of halogens is 1. The number of rotatable bonds is 8. The van der Waals surface area contributed by atoms with Crippen LogP contribution >= 0.6 is 15.9 Å². The van der Waals surface area contributed by atoms with Crippen LogP contribution in [-0.4, -0.2) is 47.1 Å². The van der Waals surface area contributed by atoms with Gasteiger partial charge in [-0.3, -0.25) is 4.79 Å². The topological polar surface area (TPSA) is 102 Å². The number of oxazole rings is 1. The predicted octanol–water partition coefficient (Wildman–Crippen LogP) is 4.27. The number of methoxy groups -OCH3 is 3. The first-order valence-corrected chi connectivity index (χ1v) is 10.3. The average molecular weight is 499 g/mol. The summed E-state index contributed by atoms with van der Waals surface area (Å²) in [5.41, 5.74) is 2.56. The molecule has 0 spiro atoms. The minimum atomic E-state index is -0.880. The smallest absolute Gasteiger partial charge is 0.266 e. The molecule has 4 aromatic rings. The molecule has 0 saturated carbocycles. The third-order valence-electron chi connectivity index (χ3n) is 4.78. The molecule has 9 nitrogen and oxygen atoms in total. The Labute approximate surface area is 192 Å². The Morgan fingerprint density at radius 2 is 1.66 bits per heavy atom. The van der Waals surface area contributed by atoms with Gasteiger partial charge < -0.3 is 18.6 Å². The molecule has 0 saturated heterocycles. The van der Waals surface area contributed by atoms with Gasteiger partial charge in [0.25, 0.3) is 11.7 Å². The number of ether oxygens (including phenoxy) is 3. The normalized spacial score (nSPS) is 11.9. The van der Waals surface area contributed by atoms with Crippen LogP contribution < -0.4 is 9.47 Å². The van der Waals surface area contributed by atoms with Crippen LogP contribution in [0.3, 0.4) is 0 Å². The Bertz CT molecular complexity index is 1200. The molecule has 0 radical (unpaired) electrons. The Morgan fingerprint density at radius 1 is 1.03 bits per heavy atom. The van der Waals surface area contributed by atoms with Crippen molar-refractivity contribution in [2.75, 3.05) is 21.3 Å². The largest absolute Gasteiger partial charge is 0.495 e. The zero-order chi connectivity index (χ0) is 22.7. The van der Waals surface area contributed by atoms with Gasteiger partial charge in [0.2, 0.25) is 0 Å². The van der Waals surface area contributed by atoms with Crippen molar-refractivity contribution in [1.82, 2.24) is 20.0 Å². The van der Waals surface area contributed by atoms with E-state index in [1.807, 2.05) is 0 Å². The molecule has 10 heteroatoms. The molecule has 2 aromatic carbocycles. The molecule has 2 aromatic heterocycles. The van der Waals surface area contributed by atoms with Crippen molar-refractivity contribution >= 4 is 21.7 Å². The van der Waals surface area contributed by atoms with Crippen molar-refractivity contribution in [3.05, 3.63) is 71.0 Å². The second-order valence-electron chi connectivity index (χ2n) is 6.62. The summed E-state index contributed by atoms with van der Waals surface area (Å²) in [7, 11) is 4.57. The van der Waals surface area contributed by atoms with Gasteiger partial charge in [0.05, 0.1) is 32.3 Å². The highest BCUT2D eigenvalue weighted by molar-refractivity contribution is 9.10. The summed E-state index contributed by atoms with van der Waals surface area (Å²) in [4.78, 5) is 18.9. The van der Waals surface area contributed by atoms with E-state index in [1.54, 1.807) is 63.0 Å². The Morgan fingerprint density at radius 3 is 2.22 bits per heavy atom. The molecule has 164 valence electrons. The third kappa shape index (κ3) is 4.14. The van der Waals surface area contributed by atoms with Crippen LogP contribution in [0.1, 0.15) is 22.4 Å².